The van der Waals surface area contributed by atoms with Crippen LogP contribution in [0.25, 0.3) is 32.8 Å². The minimum absolute atomic E-state index is 0.461. The number of nitrogens with zero attached hydrogens (tertiary/aromatic N) is 1. The molecule has 2 heterocycles. The van der Waals surface area contributed by atoms with Crippen LogP contribution < -0.4 is 9.30 Å². The highest BCUT2D eigenvalue weighted by Crippen LogP contribution is 2.51. The summed E-state index contributed by atoms with van der Waals surface area (Å²) >= 11 is 0. The Kier molecular flexibility index (Phi) is 3.80. The maximum Gasteiger partial charge on any atom is 0.228 e. The molecule has 0 saturated heterocycles. The van der Waals surface area contributed by atoms with Crippen LogP contribution in [0.5, 0.6) is 11.5 Å². The van der Waals surface area contributed by atoms with Gasteiger partial charge in [-0.2, -0.15) is 0 Å². The van der Waals surface area contributed by atoms with E-state index in [0.29, 0.717) is 5.92 Å². The van der Waals surface area contributed by atoms with Crippen LogP contribution in [0, 0.1) is 27.7 Å². The Bertz CT molecular complexity index is 1340. The van der Waals surface area contributed by atoms with Crippen molar-refractivity contribution in [3.05, 3.63) is 64.3 Å². The summed E-state index contributed by atoms with van der Waals surface area (Å²) in [7, 11) is 2.14. The summed E-state index contributed by atoms with van der Waals surface area (Å²) in [6.07, 6.45) is 2.18. The zero-order chi connectivity index (χ0) is 20.6. The number of ether oxygens (including phenoxy) is 1. The molecule has 0 atom stereocenters. The lowest BCUT2D eigenvalue weighted by Gasteiger charge is -2.25. The molecule has 1 aliphatic rings. The highest BCUT2D eigenvalue weighted by Gasteiger charge is 2.32. The first-order valence-electron chi connectivity index (χ1n) is 10.5. The number of aromatic nitrogens is 1. The Labute approximate surface area is 172 Å². The van der Waals surface area contributed by atoms with E-state index in [0.717, 1.165) is 11.5 Å². The average Bonchev–Trinajstić information content (AvgIpc) is 2.67. The van der Waals surface area contributed by atoms with Crippen molar-refractivity contribution in [1.29, 1.82) is 0 Å². The van der Waals surface area contributed by atoms with E-state index >= 15 is 0 Å². The van der Waals surface area contributed by atoms with Gasteiger partial charge in [-0.3, -0.25) is 0 Å². The van der Waals surface area contributed by atoms with Crippen LogP contribution in [-0.2, 0) is 7.05 Å². The molecule has 0 radical (unpaired) electrons. The van der Waals surface area contributed by atoms with Gasteiger partial charge in [0.2, 0.25) is 5.69 Å². The van der Waals surface area contributed by atoms with E-state index in [-0.39, 0.29) is 0 Å². The summed E-state index contributed by atoms with van der Waals surface area (Å²) in [5, 5.41) is 5.13. The number of hydrogen-bond donors (Lipinski definition) is 0. The molecular weight excluding hydrogens is 354 g/mol. The van der Waals surface area contributed by atoms with E-state index in [1.807, 2.05) is 0 Å². The molecule has 2 heteroatoms. The number of hydrogen-bond acceptors (Lipinski definition) is 1. The molecule has 0 bridgehead atoms. The van der Waals surface area contributed by atoms with Crippen LogP contribution in [0.4, 0.5) is 0 Å². The lowest BCUT2D eigenvalue weighted by Crippen LogP contribution is -2.32. The monoisotopic (exact) mass is 382 g/mol. The van der Waals surface area contributed by atoms with Crippen LogP contribution in [-0.4, -0.2) is 0 Å². The first-order chi connectivity index (χ1) is 13.8. The van der Waals surface area contributed by atoms with Crippen molar-refractivity contribution in [3.63, 3.8) is 0 Å². The molecule has 2 nitrogen and oxygen atoms in total. The maximum atomic E-state index is 6.69. The molecule has 0 aliphatic carbocycles. The zero-order valence-electron chi connectivity index (χ0n) is 18.4. The number of fused-ring (bicyclic) bond motifs is 3. The SMILES string of the molecule is Cc1cc(C)c2c(C)c3c(c(C)c2c1)-c1c2c(cc(C(C)C)cc2cc[n+]1C)O3. The lowest BCUT2D eigenvalue weighted by atomic mass is 9.86. The molecule has 146 valence electrons. The van der Waals surface area contributed by atoms with E-state index in [4.69, 9.17) is 4.74 Å². The van der Waals surface area contributed by atoms with Gasteiger partial charge in [-0.15, -0.1) is 0 Å². The van der Waals surface area contributed by atoms with Crippen LogP contribution in [0.1, 0.15) is 47.6 Å². The number of aryl methyl sites for hydroxylation is 5. The summed E-state index contributed by atoms with van der Waals surface area (Å²) in [5.74, 6) is 2.46. The molecule has 1 aliphatic heterocycles. The third-order valence-corrected chi connectivity index (χ3v) is 6.54. The molecule has 0 saturated carbocycles. The van der Waals surface area contributed by atoms with Crippen molar-refractivity contribution in [3.8, 4) is 22.8 Å². The highest BCUT2D eigenvalue weighted by atomic mass is 16.5. The molecule has 0 amide bonds. The van der Waals surface area contributed by atoms with Gasteiger partial charge in [0.15, 0.2) is 6.20 Å². The fraction of sp³-hybridized carbons (Fsp3) is 0.296. The van der Waals surface area contributed by atoms with Crippen molar-refractivity contribution < 1.29 is 9.30 Å². The Hall–Kier alpha value is -2.87. The van der Waals surface area contributed by atoms with Crippen LogP contribution in [0.3, 0.4) is 0 Å². The fourth-order valence-corrected chi connectivity index (χ4v) is 5.09. The van der Waals surface area contributed by atoms with Gasteiger partial charge in [-0.05, 0) is 72.5 Å². The molecule has 5 rings (SSSR count). The van der Waals surface area contributed by atoms with Gasteiger partial charge in [0.05, 0.1) is 10.9 Å². The van der Waals surface area contributed by atoms with Crippen LogP contribution in [0.15, 0.2) is 36.5 Å². The zero-order valence-corrected chi connectivity index (χ0v) is 18.4. The molecular formula is C27H28NO+. The molecule has 4 aromatic rings. The number of benzene rings is 3. The fourth-order valence-electron chi connectivity index (χ4n) is 5.09. The molecule has 29 heavy (non-hydrogen) atoms. The second kappa shape index (κ2) is 6.06. The van der Waals surface area contributed by atoms with Crippen molar-refractivity contribution >= 4 is 21.5 Å². The molecule has 0 N–H and O–H groups in total. The summed E-state index contributed by atoms with van der Waals surface area (Å²) in [6.45, 7) is 13.3. The molecule has 0 unspecified atom stereocenters. The van der Waals surface area contributed by atoms with E-state index < -0.39 is 0 Å². The summed E-state index contributed by atoms with van der Waals surface area (Å²) in [6, 6.07) is 11.4. The van der Waals surface area contributed by atoms with Gasteiger partial charge in [0, 0.05) is 11.6 Å². The molecule has 1 aromatic heterocycles. The van der Waals surface area contributed by atoms with E-state index in [9.17, 15) is 0 Å². The van der Waals surface area contributed by atoms with Gasteiger partial charge in [-0.25, -0.2) is 4.57 Å². The summed E-state index contributed by atoms with van der Waals surface area (Å²) in [4.78, 5) is 0. The van der Waals surface area contributed by atoms with Crippen molar-refractivity contribution in [2.24, 2.45) is 7.05 Å². The Balaban J connectivity index is 1.99. The minimum Gasteiger partial charge on any atom is -0.455 e. The van der Waals surface area contributed by atoms with Gasteiger partial charge >= 0.3 is 0 Å². The first kappa shape index (κ1) is 18.2. The van der Waals surface area contributed by atoms with Crippen molar-refractivity contribution in [1.82, 2.24) is 0 Å². The predicted molar refractivity (Wildman–Crippen MR) is 121 cm³/mol. The highest BCUT2D eigenvalue weighted by molar-refractivity contribution is 6.07. The van der Waals surface area contributed by atoms with Crippen molar-refractivity contribution in [2.45, 2.75) is 47.5 Å². The van der Waals surface area contributed by atoms with Gasteiger partial charge in [0.1, 0.15) is 18.5 Å². The predicted octanol–water partition coefficient (Wildman–Crippen LogP) is 6.95. The largest absolute Gasteiger partial charge is 0.455 e. The van der Waals surface area contributed by atoms with Gasteiger partial charge < -0.3 is 4.74 Å². The standard InChI is InChI=1S/C27H28NO/c1-14(2)20-12-19-8-9-28(7)26-24-17(5)21-11-15(3)10-16(4)23(21)18(6)27(24)29-22(13-20)25(19)26/h8-14H,1-7H3/q+1. The maximum absolute atomic E-state index is 6.69. The average molecular weight is 383 g/mol. The van der Waals surface area contributed by atoms with E-state index in [1.54, 1.807) is 0 Å². The van der Waals surface area contributed by atoms with E-state index in [2.05, 4.69) is 89.7 Å². The minimum atomic E-state index is 0.461. The Morgan fingerprint density at radius 1 is 0.897 bits per heavy atom. The number of rotatable bonds is 1. The number of pyridine rings is 1. The third-order valence-electron chi connectivity index (χ3n) is 6.54. The van der Waals surface area contributed by atoms with Crippen molar-refractivity contribution in [2.75, 3.05) is 0 Å². The second-order valence-corrected chi connectivity index (χ2v) is 8.97. The normalized spacial score (nSPS) is 12.6. The topological polar surface area (TPSA) is 13.1 Å². The summed E-state index contributed by atoms with van der Waals surface area (Å²) < 4.78 is 8.94. The molecule has 0 spiro atoms. The van der Waals surface area contributed by atoms with Crippen LogP contribution >= 0.6 is 0 Å². The first-order valence-corrected chi connectivity index (χ1v) is 10.5. The van der Waals surface area contributed by atoms with Gasteiger partial charge in [-0.1, -0.05) is 37.6 Å². The summed E-state index contributed by atoms with van der Waals surface area (Å²) in [5.41, 5.74) is 8.96. The quantitative estimate of drug-likeness (QED) is 0.286. The second-order valence-electron chi connectivity index (χ2n) is 8.97. The Morgan fingerprint density at radius 3 is 2.38 bits per heavy atom. The van der Waals surface area contributed by atoms with Gasteiger partial charge in [0.25, 0.3) is 0 Å². The molecule has 0 fully saturated rings. The van der Waals surface area contributed by atoms with E-state index in [1.165, 1.54) is 60.6 Å². The smallest absolute Gasteiger partial charge is 0.228 e. The molecule has 3 aromatic carbocycles. The lowest BCUT2D eigenvalue weighted by molar-refractivity contribution is -0.659. The Morgan fingerprint density at radius 2 is 1.66 bits per heavy atom. The van der Waals surface area contributed by atoms with Crippen LogP contribution in [0.2, 0.25) is 0 Å². The third kappa shape index (κ3) is 2.45.